The van der Waals surface area contributed by atoms with E-state index in [0.717, 1.165) is 36.9 Å². The van der Waals surface area contributed by atoms with Gasteiger partial charge in [0.25, 0.3) is 0 Å². The van der Waals surface area contributed by atoms with E-state index in [1.54, 1.807) is 0 Å². The third kappa shape index (κ3) is 3.00. The zero-order chi connectivity index (χ0) is 21.1. The van der Waals surface area contributed by atoms with Gasteiger partial charge in [-0.3, -0.25) is 9.59 Å². The monoisotopic (exact) mass is 412 g/mol. The van der Waals surface area contributed by atoms with Crippen molar-refractivity contribution in [2.75, 3.05) is 0 Å². The Morgan fingerprint density at radius 2 is 1.80 bits per heavy atom. The molecule has 4 nitrogen and oxygen atoms in total. The van der Waals surface area contributed by atoms with Crippen LogP contribution in [0.4, 0.5) is 0 Å². The first kappa shape index (κ1) is 20.3. The molecule has 164 valence electrons. The number of hydrogen-bond donors (Lipinski definition) is 0. The van der Waals surface area contributed by atoms with Gasteiger partial charge in [0.1, 0.15) is 11.9 Å². The molecule has 0 amide bonds. The summed E-state index contributed by atoms with van der Waals surface area (Å²) in [5.74, 6) is 3.91. The SMILES string of the molecule is CC(=O)OC1=CC=C[C@]23CCC4C(CC[C@@H]5C[C@H](OC(C)=O)CC[C@]45C)C2CCC13. The van der Waals surface area contributed by atoms with Gasteiger partial charge < -0.3 is 9.47 Å². The highest BCUT2D eigenvalue weighted by atomic mass is 16.5. The first-order valence-corrected chi connectivity index (χ1v) is 12.1. The largest absolute Gasteiger partial charge is 0.463 e. The van der Waals surface area contributed by atoms with Crippen LogP contribution in [-0.2, 0) is 19.1 Å². The molecule has 0 saturated heterocycles. The lowest BCUT2D eigenvalue weighted by molar-refractivity contribution is -0.159. The summed E-state index contributed by atoms with van der Waals surface area (Å²) in [6, 6.07) is 0. The first-order valence-electron chi connectivity index (χ1n) is 12.1. The van der Waals surface area contributed by atoms with Crippen LogP contribution in [0.3, 0.4) is 0 Å². The molecule has 0 aromatic heterocycles. The van der Waals surface area contributed by atoms with Crippen LogP contribution in [-0.4, -0.2) is 18.0 Å². The maximum Gasteiger partial charge on any atom is 0.307 e. The number of carbonyl (C=O) groups is 2. The Bertz CT molecular complexity index is 797. The highest BCUT2D eigenvalue weighted by Gasteiger charge is 2.62. The number of fused-ring (bicyclic) bond motifs is 4. The molecule has 0 bridgehead atoms. The number of hydrogen-bond acceptors (Lipinski definition) is 4. The fourth-order valence-corrected chi connectivity index (χ4v) is 8.73. The highest BCUT2D eigenvalue weighted by molar-refractivity contribution is 5.67. The quantitative estimate of drug-likeness (QED) is 0.556. The van der Waals surface area contributed by atoms with Gasteiger partial charge >= 0.3 is 11.9 Å². The van der Waals surface area contributed by atoms with E-state index in [1.165, 1.54) is 52.4 Å². The van der Waals surface area contributed by atoms with Gasteiger partial charge in [0.2, 0.25) is 0 Å². The molecule has 8 atom stereocenters. The molecular weight excluding hydrogens is 376 g/mol. The van der Waals surface area contributed by atoms with Crippen molar-refractivity contribution in [3.63, 3.8) is 0 Å². The minimum Gasteiger partial charge on any atom is -0.463 e. The average Bonchev–Trinajstić information content (AvgIpc) is 3.08. The third-order valence-corrected chi connectivity index (χ3v) is 9.81. The molecule has 5 aliphatic carbocycles. The van der Waals surface area contributed by atoms with Gasteiger partial charge in [-0.05, 0) is 93.0 Å². The number of ether oxygens (including phenoxy) is 2. The van der Waals surface area contributed by atoms with Gasteiger partial charge in [-0.15, -0.1) is 0 Å². The van der Waals surface area contributed by atoms with Crippen molar-refractivity contribution >= 4 is 11.9 Å². The zero-order valence-electron chi connectivity index (χ0n) is 18.7. The van der Waals surface area contributed by atoms with Gasteiger partial charge in [0.15, 0.2) is 0 Å². The molecule has 4 saturated carbocycles. The number of rotatable bonds is 2. The molecule has 4 unspecified atom stereocenters. The van der Waals surface area contributed by atoms with E-state index in [1.807, 2.05) is 6.08 Å². The second-order valence-corrected chi connectivity index (χ2v) is 11.0. The summed E-state index contributed by atoms with van der Waals surface area (Å²) in [5.41, 5.74) is 0.574. The van der Waals surface area contributed by atoms with Gasteiger partial charge in [-0.1, -0.05) is 19.1 Å². The predicted molar refractivity (Wildman–Crippen MR) is 114 cm³/mol. The maximum absolute atomic E-state index is 11.7. The topological polar surface area (TPSA) is 52.6 Å². The lowest BCUT2D eigenvalue weighted by Crippen LogP contribution is -2.54. The maximum atomic E-state index is 11.7. The van der Waals surface area contributed by atoms with Crippen molar-refractivity contribution in [2.45, 2.75) is 84.7 Å². The Morgan fingerprint density at radius 1 is 0.967 bits per heavy atom. The van der Waals surface area contributed by atoms with Crippen molar-refractivity contribution in [1.29, 1.82) is 0 Å². The fourth-order valence-electron chi connectivity index (χ4n) is 8.73. The predicted octanol–water partition coefficient (Wildman–Crippen LogP) is 5.57. The van der Waals surface area contributed by atoms with E-state index in [4.69, 9.17) is 9.47 Å². The van der Waals surface area contributed by atoms with Crippen molar-refractivity contribution < 1.29 is 19.1 Å². The standard InChI is InChI=1S/C26H36O4/c1-16(27)29-19-10-13-25(3)18(15-19)6-7-20-21(25)11-14-26-12-4-5-24(30-17(2)28)23(26)9-8-22(20)26/h4-5,12,18-23H,6-11,13-15H2,1-3H3/t18-,19-,20?,21?,22?,23?,25+,26+/m1/s1. The van der Waals surface area contributed by atoms with E-state index >= 15 is 0 Å². The molecule has 0 N–H and O–H groups in total. The summed E-state index contributed by atoms with van der Waals surface area (Å²) < 4.78 is 11.3. The Hall–Kier alpha value is -1.58. The molecule has 0 aromatic carbocycles. The van der Waals surface area contributed by atoms with E-state index in [2.05, 4.69) is 19.1 Å². The Morgan fingerprint density at radius 3 is 2.57 bits per heavy atom. The molecule has 4 fully saturated rings. The van der Waals surface area contributed by atoms with Crippen molar-refractivity contribution in [2.24, 2.45) is 40.4 Å². The average molecular weight is 413 g/mol. The van der Waals surface area contributed by atoms with Crippen molar-refractivity contribution in [1.82, 2.24) is 0 Å². The van der Waals surface area contributed by atoms with Crippen LogP contribution in [0.1, 0.15) is 78.6 Å². The van der Waals surface area contributed by atoms with Crippen LogP contribution >= 0.6 is 0 Å². The van der Waals surface area contributed by atoms with Gasteiger partial charge in [0.05, 0.1) is 0 Å². The van der Waals surface area contributed by atoms with Crippen LogP contribution in [0.25, 0.3) is 0 Å². The van der Waals surface area contributed by atoms with Crippen LogP contribution in [0, 0.1) is 40.4 Å². The molecule has 0 radical (unpaired) electrons. The molecule has 0 aromatic rings. The summed E-state index contributed by atoms with van der Waals surface area (Å²) in [5, 5.41) is 0. The van der Waals surface area contributed by atoms with E-state index in [0.29, 0.717) is 23.2 Å². The second kappa shape index (κ2) is 7.24. The second-order valence-electron chi connectivity index (χ2n) is 11.0. The highest BCUT2D eigenvalue weighted by Crippen LogP contribution is 2.69. The number of allylic oxidation sites excluding steroid dienone is 4. The molecule has 0 heterocycles. The third-order valence-electron chi connectivity index (χ3n) is 9.81. The van der Waals surface area contributed by atoms with Crippen LogP contribution in [0.15, 0.2) is 24.0 Å². The summed E-state index contributed by atoms with van der Waals surface area (Å²) in [6.45, 7) is 5.60. The van der Waals surface area contributed by atoms with Gasteiger partial charge in [-0.2, -0.15) is 0 Å². The molecular formula is C26H36O4. The van der Waals surface area contributed by atoms with Gasteiger partial charge in [0, 0.05) is 25.2 Å². The molecule has 0 aliphatic heterocycles. The normalized spacial score (nSPS) is 46.6. The number of carbonyl (C=O) groups excluding carboxylic acids is 2. The Balaban J connectivity index is 1.37. The Kier molecular flexibility index (Phi) is 4.91. The minimum absolute atomic E-state index is 0.126. The molecule has 30 heavy (non-hydrogen) atoms. The summed E-state index contributed by atoms with van der Waals surface area (Å²) in [7, 11) is 0. The summed E-state index contributed by atoms with van der Waals surface area (Å²) in [6.07, 6.45) is 17.5. The molecule has 4 heteroatoms. The smallest absolute Gasteiger partial charge is 0.307 e. The fraction of sp³-hybridized carbons (Fsp3) is 0.769. The molecule has 5 aliphatic rings. The van der Waals surface area contributed by atoms with Crippen LogP contribution in [0.5, 0.6) is 0 Å². The zero-order valence-corrected chi connectivity index (χ0v) is 18.7. The summed E-state index contributed by atoms with van der Waals surface area (Å²) >= 11 is 0. The van der Waals surface area contributed by atoms with Crippen molar-refractivity contribution in [3.05, 3.63) is 24.0 Å². The van der Waals surface area contributed by atoms with Gasteiger partial charge in [-0.25, -0.2) is 0 Å². The molecule has 1 spiro atoms. The Labute approximate surface area is 180 Å². The number of esters is 2. The lowest BCUT2D eigenvalue weighted by atomic mass is 9.44. The van der Waals surface area contributed by atoms with Crippen LogP contribution in [0.2, 0.25) is 0 Å². The van der Waals surface area contributed by atoms with E-state index in [9.17, 15) is 9.59 Å². The first-order chi connectivity index (χ1) is 14.3. The van der Waals surface area contributed by atoms with Crippen molar-refractivity contribution in [3.8, 4) is 0 Å². The van der Waals surface area contributed by atoms with E-state index in [-0.39, 0.29) is 23.5 Å². The van der Waals surface area contributed by atoms with Crippen LogP contribution < -0.4 is 0 Å². The lowest BCUT2D eigenvalue weighted by Gasteiger charge is -2.61. The van der Waals surface area contributed by atoms with E-state index < -0.39 is 0 Å². The molecule has 5 rings (SSSR count). The minimum atomic E-state index is -0.193. The summed E-state index contributed by atoms with van der Waals surface area (Å²) in [4.78, 5) is 23.1.